The number of phenols is 1. The molecule has 7 heteroatoms. The molecule has 2 heterocycles. The van der Waals surface area contributed by atoms with E-state index in [9.17, 15) is 24.9 Å². The predicted octanol–water partition coefficient (Wildman–Crippen LogP) is -0.237. The van der Waals surface area contributed by atoms with Gasteiger partial charge in [-0.15, -0.1) is 0 Å². The highest BCUT2D eigenvalue weighted by Crippen LogP contribution is 2.55. The number of benzene rings is 1. The van der Waals surface area contributed by atoms with Gasteiger partial charge < -0.3 is 24.8 Å². The van der Waals surface area contributed by atoms with Gasteiger partial charge in [-0.05, 0) is 24.5 Å². The average Bonchev–Trinajstić information content (AvgIpc) is 2.63. The van der Waals surface area contributed by atoms with Crippen molar-refractivity contribution in [1.82, 2.24) is 0 Å². The summed E-state index contributed by atoms with van der Waals surface area (Å²) in [6.07, 6.45) is -2.38. The number of ether oxygens (including phenoxy) is 2. The molecular weight excluding hydrogens is 292 g/mol. The summed E-state index contributed by atoms with van der Waals surface area (Å²) < 4.78 is 10.7. The molecule has 7 nitrogen and oxygen atoms in total. The molecule has 0 radical (unpaired) electrons. The molecule has 0 spiro atoms. The Labute approximate surface area is 125 Å². The lowest BCUT2D eigenvalue weighted by Crippen LogP contribution is -2.76. The van der Waals surface area contributed by atoms with Crippen molar-refractivity contribution in [2.75, 3.05) is 0 Å². The van der Waals surface area contributed by atoms with E-state index in [2.05, 4.69) is 0 Å². The molecular formula is C15H14O7. The Kier molecular flexibility index (Phi) is 2.34. The summed E-state index contributed by atoms with van der Waals surface area (Å²) in [6.45, 7) is 1.69. The molecule has 1 aromatic carbocycles. The lowest BCUT2D eigenvalue weighted by atomic mass is 9.62. The highest BCUT2D eigenvalue weighted by atomic mass is 16.6. The van der Waals surface area contributed by atoms with E-state index in [1.165, 1.54) is 18.2 Å². The van der Waals surface area contributed by atoms with Crippen LogP contribution in [0.4, 0.5) is 0 Å². The Morgan fingerprint density at radius 2 is 2.05 bits per heavy atom. The van der Waals surface area contributed by atoms with E-state index in [-0.39, 0.29) is 23.5 Å². The van der Waals surface area contributed by atoms with Gasteiger partial charge in [-0.3, -0.25) is 4.79 Å². The monoisotopic (exact) mass is 306 g/mol. The van der Waals surface area contributed by atoms with Crippen molar-refractivity contribution < 1.29 is 34.4 Å². The van der Waals surface area contributed by atoms with Crippen LogP contribution in [0.15, 0.2) is 18.2 Å². The molecule has 5 atom stereocenters. The number of ketones is 1. The maximum atomic E-state index is 12.8. The van der Waals surface area contributed by atoms with Gasteiger partial charge in [0.15, 0.2) is 0 Å². The molecule has 116 valence electrons. The Balaban J connectivity index is 2.03. The Morgan fingerprint density at radius 1 is 1.32 bits per heavy atom. The number of aliphatic hydroxyl groups excluding tert-OH is 1. The van der Waals surface area contributed by atoms with Gasteiger partial charge in [0.1, 0.15) is 29.3 Å². The average molecular weight is 306 g/mol. The molecule has 2 fully saturated rings. The van der Waals surface area contributed by atoms with Crippen LogP contribution >= 0.6 is 0 Å². The van der Waals surface area contributed by atoms with Crippen LogP contribution in [0.2, 0.25) is 0 Å². The topological polar surface area (TPSA) is 113 Å². The van der Waals surface area contributed by atoms with Gasteiger partial charge in [-0.2, -0.15) is 0 Å². The molecule has 0 unspecified atom stereocenters. The number of phenolic OH excluding ortho intramolecular Hbond substituents is 1. The second-order valence-electron chi connectivity index (χ2n) is 6.14. The van der Waals surface area contributed by atoms with E-state index in [0.717, 1.165) is 0 Å². The molecule has 2 bridgehead atoms. The van der Waals surface area contributed by atoms with Crippen molar-refractivity contribution in [3.8, 4) is 11.5 Å². The molecule has 0 amide bonds. The van der Waals surface area contributed by atoms with Crippen molar-refractivity contribution in [3.05, 3.63) is 23.8 Å². The van der Waals surface area contributed by atoms with E-state index in [0.29, 0.717) is 0 Å². The third kappa shape index (κ3) is 1.17. The number of aromatic hydroxyl groups is 1. The van der Waals surface area contributed by atoms with Gasteiger partial charge in [0.25, 0.3) is 5.60 Å². The summed E-state index contributed by atoms with van der Waals surface area (Å²) in [5.74, 6) is -2.64. The number of rotatable bonds is 0. The molecule has 1 saturated carbocycles. The van der Waals surface area contributed by atoms with E-state index in [1.54, 1.807) is 6.92 Å². The molecule has 1 aliphatic carbocycles. The summed E-state index contributed by atoms with van der Waals surface area (Å²) in [6, 6.07) is 4.13. The molecule has 3 N–H and O–H groups in total. The summed E-state index contributed by atoms with van der Waals surface area (Å²) >= 11 is 0. The van der Waals surface area contributed by atoms with E-state index in [1.807, 2.05) is 0 Å². The number of hydrogen-bond acceptors (Lipinski definition) is 7. The minimum absolute atomic E-state index is 0.0552. The van der Waals surface area contributed by atoms with Crippen LogP contribution in [-0.4, -0.2) is 50.5 Å². The first-order chi connectivity index (χ1) is 10.3. The number of Topliss-reactive ketones (excluding diaryl/α,β-unsaturated/α-hetero) is 1. The van der Waals surface area contributed by atoms with Crippen LogP contribution in [0.5, 0.6) is 11.5 Å². The first-order valence-electron chi connectivity index (χ1n) is 7.01. The second-order valence-corrected chi connectivity index (χ2v) is 6.14. The quantitative estimate of drug-likeness (QED) is 0.567. The third-order valence-corrected chi connectivity index (χ3v) is 4.97. The molecule has 22 heavy (non-hydrogen) atoms. The zero-order chi connectivity index (χ0) is 15.9. The molecule has 0 aromatic heterocycles. The Hall–Kier alpha value is -2.12. The van der Waals surface area contributed by atoms with Gasteiger partial charge in [0, 0.05) is 0 Å². The fourth-order valence-electron chi connectivity index (χ4n) is 3.82. The fourth-order valence-corrected chi connectivity index (χ4v) is 3.82. The van der Waals surface area contributed by atoms with Crippen molar-refractivity contribution in [1.29, 1.82) is 0 Å². The van der Waals surface area contributed by atoms with Crippen LogP contribution in [0.25, 0.3) is 0 Å². The van der Waals surface area contributed by atoms with E-state index in [4.69, 9.17) is 9.47 Å². The van der Waals surface area contributed by atoms with Crippen molar-refractivity contribution in [2.45, 2.75) is 36.8 Å². The van der Waals surface area contributed by atoms with E-state index >= 15 is 0 Å². The number of carbonyl (C=O) groups is 2. The van der Waals surface area contributed by atoms with Crippen molar-refractivity contribution in [2.24, 2.45) is 5.92 Å². The van der Waals surface area contributed by atoms with Crippen LogP contribution in [0, 0.1) is 5.92 Å². The van der Waals surface area contributed by atoms with Crippen LogP contribution in [0.1, 0.15) is 23.7 Å². The van der Waals surface area contributed by atoms with Crippen LogP contribution in [-0.2, 0) is 9.53 Å². The highest BCUT2D eigenvalue weighted by Gasteiger charge is 2.81. The van der Waals surface area contributed by atoms with Crippen molar-refractivity contribution >= 4 is 11.8 Å². The number of carbonyl (C=O) groups excluding carboxylic acids is 2. The molecule has 3 aliphatic rings. The molecule has 4 rings (SSSR count). The summed E-state index contributed by atoms with van der Waals surface area (Å²) in [7, 11) is 0. The number of esters is 1. The summed E-state index contributed by atoms with van der Waals surface area (Å²) in [4.78, 5) is 25.1. The molecule has 2 aliphatic heterocycles. The minimum atomic E-state index is -2.35. The van der Waals surface area contributed by atoms with Gasteiger partial charge in [-0.1, -0.05) is 13.0 Å². The number of hydrogen-bond donors (Lipinski definition) is 3. The van der Waals surface area contributed by atoms with Gasteiger partial charge in [0.05, 0.1) is 0 Å². The zero-order valence-corrected chi connectivity index (χ0v) is 11.6. The second kappa shape index (κ2) is 3.80. The lowest BCUT2D eigenvalue weighted by molar-refractivity contribution is -0.192. The SMILES string of the molecule is C[C@H]1C[C@@H]2OC(=O)[C@]3(Oc4cccc(O)c4C(=O)[C@@]23O)[C@H]1O. The van der Waals surface area contributed by atoms with E-state index < -0.39 is 41.1 Å². The maximum Gasteiger partial charge on any atom is 0.357 e. The Morgan fingerprint density at radius 3 is 2.77 bits per heavy atom. The summed E-state index contributed by atoms with van der Waals surface area (Å²) in [5.41, 5.74) is -4.74. The molecule has 1 saturated heterocycles. The minimum Gasteiger partial charge on any atom is -0.507 e. The zero-order valence-electron chi connectivity index (χ0n) is 11.6. The largest absolute Gasteiger partial charge is 0.507 e. The predicted molar refractivity (Wildman–Crippen MR) is 70.4 cm³/mol. The normalized spacial score (nSPS) is 42.2. The van der Waals surface area contributed by atoms with Gasteiger partial charge in [0.2, 0.25) is 11.4 Å². The standard InChI is InChI=1S/C15H14O7/c1-6-5-9-14(20)12(18)10-7(16)3-2-4-8(10)22-15(14,11(6)17)13(19)21-9/h2-4,6,9,11,16-17,20H,5H2,1H3/t6-,9-,11-,14-,15+/m0/s1. The lowest BCUT2D eigenvalue weighted by Gasteiger charge is -2.49. The van der Waals surface area contributed by atoms with Gasteiger partial charge >= 0.3 is 5.97 Å². The van der Waals surface area contributed by atoms with Crippen molar-refractivity contribution in [3.63, 3.8) is 0 Å². The number of aliphatic hydroxyl groups is 2. The Bertz CT molecular complexity index is 714. The van der Waals surface area contributed by atoms with Crippen LogP contribution < -0.4 is 4.74 Å². The molecule has 1 aromatic rings. The van der Waals surface area contributed by atoms with Gasteiger partial charge in [-0.25, -0.2) is 4.79 Å². The fraction of sp³-hybridized carbons (Fsp3) is 0.467. The maximum absolute atomic E-state index is 12.8. The number of fused-ring (bicyclic) bond motifs is 1. The third-order valence-electron chi connectivity index (χ3n) is 4.97. The first kappa shape index (κ1) is 13.5. The smallest absolute Gasteiger partial charge is 0.357 e. The highest BCUT2D eigenvalue weighted by molar-refractivity contribution is 6.14. The first-order valence-corrected chi connectivity index (χ1v) is 7.01. The van der Waals surface area contributed by atoms with Crippen LogP contribution in [0.3, 0.4) is 0 Å². The summed E-state index contributed by atoms with van der Waals surface area (Å²) in [5, 5.41) is 31.4.